The van der Waals surface area contributed by atoms with Crippen molar-refractivity contribution in [2.45, 2.75) is 99.0 Å². The molecule has 0 amide bonds. The summed E-state index contributed by atoms with van der Waals surface area (Å²) in [5.74, 6) is 2.67. The molecule has 1 heteroatoms. The van der Waals surface area contributed by atoms with Crippen molar-refractivity contribution in [3.05, 3.63) is 47.6 Å². The van der Waals surface area contributed by atoms with E-state index in [1.165, 1.54) is 43.3 Å². The molecule has 1 nitrogen and oxygen atoms in total. The molecule has 6 atom stereocenters. The second-order valence-electron chi connectivity index (χ2n) is 11.5. The molecule has 0 radical (unpaired) electrons. The van der Waals surface area contributed by atoms with Crippen LogP contribution in [0.25, 0.3) is 0 Å². The van der Waals surface area contributed by atoms with Crippen molar-refractivity contribution in [1.29, 1.82) is 0 Å². The number of rotatable bonds is 5. The van der Waals surface area contributed by atoms with Crippen LogP contribution in [-0.4, -0.2) is 11.2 Å². The van der Waals surface area contributed by atoms with Gasteiger partial charge in [-0.2, -0.15) is 0 Å². The van der Waals surface area contributed by atoms with Gasteiger partial charge in [0.05, 0.1) is 6.10 Å². The van der Waals surface area contributed by atoms with Gasteiger partial charge in [-0.25, -0.2) is 0 Å². The largest absolute Gasteiger partial charge is 0.393 e. The maximum Gasteiger partial charge on any atom is 0.0583 e. The molecule has 0 spiro atoms. The lowest BCUT2D eigenvalue weighted by molar-refractivity contribution is 0.0221. The minimum Gasteiger partial charge on any atom is -0.393 e. The summed E-state index contributed by atoms with van der Waals surface area (Å²) in [4.78, 5) is 0. The Morgan fingerprint density at radius 2 is 1.73 bits per heavy atom. The van der Waals surface area contributed by atoms with Crippen molar-refractivity contribution in [1.82, 2.24) is 0 Å². The molecule has 0 heterocycles. The summed E-state index contributed by atoms with van der Waals surface area (Å²) in [6.07, 6.45) is 18.7. The van der Waals surface area contributed by atoms with Crippen LogP contribution < -0.4 is 0 Å². The van der Waals surface area contributed by atoms with Crippen LogP contribution in [0.15, 0.2) is 47.6 Å². The van der Waals surface area contributed by atoms with Crippen LogP contribution in [0.4, 0.5) is 0 Å². The Morgan fingerprint density at radius 3 is 2.43 bits per heavy atom. The van der Waals surface area contributed by atoms with Gasteiger partial charge in [-0.1, -0.05) is 83.6 Å². The number of hydrogen-bond donors (Lipinski definition) is 1. The molecule has 0 aromatic heterocycles. The van der Waals surface area contributed by atoms with Gasteiger partial charge in [-0.05, 0) is 91.4 Å². The minimum absolute atomic E-state index is 0.188. The highest BCUT2D eigenvalue weighted by Crippen LogP contribution is 2.66. The first-order chi connectivity index (χ1) is 14.1. The van der Waals surface area contributed by atoms with Gasteiger partial charge in [0.2, 0.25) is 0 Å². The van der Waals surface area contributed by atoms with Crippen LogP contribution in [0.3, 0.4) is 0 Å². The maximum absolute atomic E-state index is 10.1. The van der Waals surface area contributed by atoms with Crippen LogP contribution in [-0.2, 0) is 0 Å². The van der Waals surface area contributed by atoms with Gasteiger partial charge in [0.1, 0.15) is 0 Å². The maximum atomic E-state index is 10.1. The summed E-state index contributed by atoms with van der Waals surface area (Å²) < 4.78 is 0. The number of allylic oxidation sites excluding steroid dienone is 6. The molecule has 30 heavy (non-hydrogen) atoms. The Labute approximate surface area is 186 Å². The normalized spacial score (nSPS) is 39.8. The lowest BCUT2D eigenvalue weighted by Crippen LogP contribution is -2.43. The Kier molecular flexibility index (Phi) is 7.22. The number of hydrogen-bond acceptors (Lipinski definition) is 1. The topological polar surface area (TPSA) is 20.2 Å². The molecule has 0 bridgehead atoms. The van der Waals surface area contributed by atoms with Crippen LogP contribution in [0.1, 0.15) is 92.9 Å². The van der Waals surface area contributed by atoms with Crippen LogP contribution in [0, 0.1) is 34.5 Å². The molecule has 0 aliphatic heterocycles. The second kappa shape index (κ2) is 9.19. The zero-order chi connectivity index (χ0) is 22.1. The molecular weight excluding hydrogens is 364 g/mol. The van der Waals surface area contributed by atoms with Crippen molar-refractivity contribution < 1.29 is 5.11 Å². The zero-order valence-electron chi connectivity index (χ0n) is 20.5. The highest BCUT2D eigenvalue weighted by molar-refractivity contribution is 5.36. The van der Waals surface area contributed by atoms with E-state index in [2.05, 4.69) is 72.4 Å². The first-order valence-corrected chi connectivity index (χ1v) is 12.5. The average Bonchev–Trinajstić information content (AvgIpc) is 2.98. The fourth-order valence-electron chi connectivity index (χ4n) is 6.45. The summed E-state index contributed by atoms with van der Waals surface area (Å²) in [5.41, 5.74) is 4.89. The van der Waals surface area contributed by atoms with Crippen molar-refractivity contribution in [2.24, 2.45) is 34.5 Å². The van der Waals surface area contributed by atoms with Crippen molar-refractivity contribution in [3.63, 3.8) is 0 Å². The van der Waals surface area contributed by atoms with E-state index >= 15 is 0 Å². The molecule has 1 unspecified atom stereocenters. The fourth-order valence-corrected chi connectivity index (χ4v) is 6.45. The highest BCUT2D eigenvalue weighted by atomic mass is 16.3. The summed E-state index contributed by atoms with van der Waals surface area (Å²) in [7, 11) is 0. The standard InChI is InChI=1S/C29H46O/c1-20(2)21(3)10-12-23(5)28(6)18-16-27-24(9-8-17-29(27,28)7)13-14-25-19-26(30)15-11-22(25)4/h10,12-14,20-21,23,26-27,30H,4,8-9,11,15-19H2,1-3,5-7H3/b12-10+,24-13+,25-14-/t21-,23+,26-,27?,28+,29-/m0/s1. The van der Waals surface area contributed by atoms with Gasteiger partial charge in [0.25, 0.3) is 0 Å². The van der Waals surface area contributed by atoms with Crippen LogP contribution in [0.5, 0.6) is 0 Å². The first-order valence-electron chi connectivity index (χ1n) is 12.5. The van der Waals surface area contributed by atoms with Gasteiger partial charge in [0, 0.05) is 0 Å². The molecule has 3 fully saturated rings. The third-order valence-corrected chi connectivity index (χ3v) is 9.58. The van der Waals surface area contributed by atoms with Crippen molar-refractivity contribution in [2.75, 3.05) is 0 Å². The van der Waals surface area contributed by atoms with Gasteiger partial charge >= 0.3 is 0 Å². The molecule has 0 aromatic carbocycles. The van der Waals surface area contributed by atoms with E-state index in [1.54, 1.807) is 5.57 Å². The zero-order valence-corrected chi connectivity index (χ0v) is 20.5. The predicted octanol–water partition coefficient (Wildman–Crippen LogP) is 8.03. The van der Waals surface area contributed by atoms with Gasteiger partial charge < -0.3 is 5.11 Å². The lowest BCUT2D eigenvalue weighted by atomic mass is 9.54. The van der Waals surface area contributed by atoms with E-state index in [0.29, 0.717) is 34.5 Å². The molecule has 3 saturated carbocycles. The van der Waals surface area contributed by atoms with Crippen LogP contribution >= 0.6 is 0 Å². The summed E-state index contributed by atoms with van der Waals surface area (Å²) in [5, 5.41) is 10.1. The van der Waals surface area contributed by atoms with E-state index in [1.807, 2.05) is 0 Å². The highest BCUT2D eigenvalue weighted by Gasteiger charge is 2.57. The molecule has 0 saturated heterocycles. The number of fused-ring (bicyclic) bond motifs is 1. The van der Waals surface area contributed by atoms with E-state index in [0.717, 1.165) is 19.3 Å². The Bertz CT molecular complexity index is 723. The predicted molar refractivity (Wildman–Crippen MR) is 130 cm³/mol. The molecular formula is C29H46O. The first kappa shape index (κ1) is 23.6. The number of aliphatic hydroxyl groups is 1. The number of aliphatic hydroxyl groups excluding tert-OH is 1. The quantitative estimate of drug-likeness (QED) is 0.455. The SMILES string of the molecule is C=C1CC[C@H](O)C/C1=C/C=C1\CCC[C@@]2(C)C1CC[C@]2(C)[C@H](C)/C=C/[C@H](C)C(C)C. The Morgan fingerprint density at radius 1 is 1.00 bits per heavy atom. The van der Waals surface area contributed by atoms with Crippen molar-refractivity contribution >= 4 is 0 Å². The Hall–Kier alpha value is -1.08. The smallest absolute Gasteiger partial charge is 0.0583 e. The third kappa shape index (κ3) is 4.43. The lowest BCUT2D eigenvalue weighted by Gasteiger charge is -2.51. The Balaban J connectivity index is 1.82. The minimum atomic E-state index is -0.188. The summed E-state index contributed by atoms with van der Waals surface area (Å²) in [6.45, 7) is 18.9. The van der Waals surface area contributed by atoms with E-state index in [4.69, 9.17) is 0 Å². The summed E-state index contributed by atoms with van der Waals surface area (Å²) >= 11 is 0. The fraction of sp³-hybridized carbons (Fsp3) is 0.724. The van der Waals surface area contributed by atoms with Gasteiger partial charge in [0.15, 0.2) is 0 Å². The van der Waals surface area contributed by atoms with Gasteiger partial charge in [-0.3, -0.25) is 0 Å². The molecule has 0 aromatic rings. The van der Waals surface area contributed by atoms with E-state index in [-0.39, 0.29) is 6.10 Å². The monoisotopic (exact) mass is 410 g/mol. The summed E-state index contributed by atoms with van der Waals surface area (Å²) in [6, 6.07) is 0. The molecule has 3 rings (SSSR count). The third-order valence-electron chi connectivity index (χ3n) is 9.58. The van der Waals surface area contributed by atoms with E-state index < -0.39 is 0 Å². The molecule has 3 aliphatic rings. The van der Waals surface area contributed by atoms with Gasteiger partial charge in [-0.15, -0.1) is 0 Å². The van der Waals surface area contributed by atoms with Crippen molar-refractivity contribution in [3.8, 4) is 0 Å². The van der Waals surface area contributed by atoms with Crippen LogP contribution in [0.2, 0.25) is 0 Å². The molecule has 168 valence electrons. The molecule has 3 aliphatic carbocycles. The average molecular weight is 411 g/mol. The van der Waals surface area contributed by atoms with E-state index in [9.17, 15) is 5.11 Å². The molecule has 1 N–H and O–H groups in total. The second-order valence-corrected chi connectivity index (χ2v) is 11.5.